The fourth-order valence-electron chi connectivity index (χ4n) is 6.74. The van der Waals surface area contributed by atoms with Crippen LogP contribution in [0.4, 0.5) is 5.82 Å². The number of aliphatic hydroxyl groups excluding tert-OH is 10. The minimum absolute atomic E-state index is 0.0507. The summed E-state index contributed by atoms with van der Waals surface area (Å²) in [6.45, 7) is -0.358. The van der Waals surface area contributed by atoms with Gasteiger partial charge in [0.2, 0.25) is 5.91 Å². The van der Waals surface area contributed by atoms with Crippen molar-refractivity contribution in [2.24, 2.45) is 16.5 Å². The van der Waals surface area contributed by atoms with Crippen molar-refractivity contribution in [3.8, 4) is 0 Å². The van der Waals surface area contributed by atoms with Crippen molar-refractivity contribution in [3.05, 3.63) is 64.1 Å². The predicted octanol–water partition coefficient (Wildman–Crippen LogP) is -3.82. The first-order valence-electron chi connectivity index (χ1n) is 20.2. The number of amides is 2. The summed E-state index contributed by atoms with van der Waals surface area (Å²) in [5.74, 6) is -1.44. The van der Waals surface area contributed by atoms with Crippen LogP contribution in [0.15, 0.2) is 41.4 Å². The number of carbonyl (C=O) groups excluding carboxylic acids is 2. The average molecular weight is 896 g/mol. The maximum Gasteiger partial charge on any atom is 0.280 e. The third-order valence-corrected chi connectivity index (χ3v) is 10.7. The number of nitrogen functional groups attached to an aromatic ring is 1. The van der Waals surface area contributed by atoms with Crippen LogP contribution in [-0.2, 0) is 17.6 Å². The molecule has 62 heavy (non-hydrogen) atoms. The molecule has 0 radical (unpaired) electrons. The highest BCUT2D eigenvalue weighted by molar-refractivity contribution is 6.30. The Morgan fingerprint density at radius 1 is 0.774 bits per heavy atom. The van der Waals surface area contributed by atoms with Crippen LogP contribution in [-0.4, -0.2) is 185 Å². The van der Waals surface area contributed by atoms with Gasteiger partial charge < -0.3 is 73.6 Å². The maximum absolute atomic E-state index is 12.5. The van der Waals surface area contributed by atoms with Gasteiger partial charge in [0.1, 0.15) is 36.6 Å². The number of rotatable bonds is 27. The maximum atomic E-state index is 12.5. The molecule has 0 saturated carbocycles. The average Bonchev–Trinajstić information content (AvgIpc) is 3.25. The van der Waals surface area contributed by atoms with Gasteiger partial charge in [0, 0.05) is 19.6 Å². The molecule has 0 aliphatic heterocycles. The molecule has 2 aromatic carbocycles. The van der Waals surface area contributed by atoms with Crippen LogP contribution < -0.4 is 27.8 Å². The quantitative estimate of drug-likeness (QED) is 0.0198. The number of nitrogens with two attached hydrogens (primary N) is 3. The minimum atomic E-state index is -1.91. The molecule has 0 saturated heterocycles. The van der Waals surface area contributed by atoms with Crippen LogP contribution in [0.5, 0.6) is 0 Å². The lowest BCUT2D eigenvalue weighted by molar-refractivity contribution is -0.130. The summed E-state index contributed by atoms with van der Waals surface area (Å²) in [7, 11) is 0. The van der Waals surface area contributed by atoms with Gasteiger partial charge in [-0.1, -0.05) is 48.0 Å². The molecule has 8 unspecified atom stereocenters. The third-order valence-electron chi connectivity index (χ3n) is 10.4. The number of anilines is 1. The van der Waals surface area contributed by atoms with E-state index in [1.807, 2.05) is 36.4 Å². The van der Waals surface area contributed by atoms with Crippen LogP contribution in [0.1, 0.15) is 53.0 Å². The van der Waals surface area contributed by atoms with E-state index in [1.165, 1.54) is 4.90 Å². The van der Waals surface area contributed by atoms with Crippen molar-refractivity contribution in [1.82, 2.24) is 25.5 Å². The molecule has 18 N–H and O–H groups in total. The topological polar surface area (TPSA) is 380 Å². The number of hydrogen-bond donors (Lipinski definition) is 15. The van der Waals surface area contributed by atoms with Crippen molar-refractivity contribution in [2.75, 3.05) is 51.7 Å². The Kier molecular flexibility index (Phi) is 21.7. The molecule has 3 aromatic rings. The molecular formula is C40H62ClN9O12. The molecule has 0 aliphatic carbocycles. The lowest BCUT2D eigenvalue weighted by atomic mass is 9.93. The second-order valence-electron chi connectivity index (χ2n) is 15.1. The smallest absolute Gasteiger partial charge is 0.280 e. The third kappa shape index (κ3) is 15.6. The zero-order valence-corrected chi connectivity index (χ0v) is 35.3. The van der Waals surface area contributed by atoms with E-state index in [0.717, 1.165) is 34.7 Å². The number of carbonyl (C=O) groups is 2. The summed E-state index contributed by atoms with van der Waals surface area (Å²) in [6.07, 6.45) is -11.3. The number of fused-ring (bicyclic) bond motifs is 1. The Labute approximate surface area is 363 Å². The number of guanidine groups is 1. The van der Waals surface area contributed by atoms with Gasteiger partial charge in [-0.05, 0) is 80.4 Å². The highest BCUT2D eigenvalue weighted by atomic mass is 35.5. The fourth-order valence-corrected chi connectivity index (χ4v) is 6.86. The Hall–Kier alpha value is -4.20. The number of aryl methyl sites for hydroxylation is 3. The van der Waals surface area contributed by atoms with Gasteiger partial charge in [0.15, 0.2) is 22.6 Å². The van der Waals surface area contributed by atoms with E-state index in [9.17, 15) is 50.4 Å². The summed E-state index contributed by atoms with van der Waals surface area (Å²) < 4.78 is 0. The second-order valence-corrected chi connectivity index (χ2v) is 15.5. The summed E-state index contributed by atoms with van der Waals surface area (Å²) in [4.78, 5) is 38.6. The van der Waals surface area contributed by atoms with E-state index >= 15 is 0 Å². The first-order valence-corrected chi connectivity index (χ1v) is 20.6. The first-order chi connectivity index (χ1) is 29.4. The number of aromatic nitrogens is 2. The largest absolute Gasteiger partial charge is 0.394 e. The molecule has 346 valence electrons. The standard InChI is InChI=1S/C40H62ClN9O12/c1-21-36(41)48-31(37(42)47-21)39(62)49-40(44)46-14-5-4-7-22-10-11-23(25-9-3-2-8-24(22)25)12-13-26(38(43)61)45-15-6-16-50(17-27(53)32(57)34(59)29(55)19-51)18-28(54)33(58)35(60)30(56)20-52/h2-3,8-11,26-30,32-35,45,51-60H,4-7,12-20H2,1H3,(H2,42,47)(H2,43,61)(H3,44,46,49,62)/t26-,27?,28?,29?,30?,32?,33?,34?,35?/m1/s1. The number of primary amides is 1. The van der Waals surface area contributed by atoms with Gasteiger partial charge >= 0.3 is 0 Å². The van der Waals surface area contributed by atoms with Gasteiger partial charge in [-0.25, -0.2) is 9.97 Å². The van der Waals surface area contributed by atoms with Crippen LogP contribution in [0.25, 0.3) is 10.8 Å². The van der Waals surface area contributed by atoms with Crippen molar-refractivity contribution in [1.29, 1.82) is 0 Å². The molecule has 0 spiro atoms. The lowest BCUT2D eigenvalue weighted by Crippen LogP contribution is -2.53. The summed E-state index contributed by atoms with van der Waals surface area (Å²) in [5, 5.41) is 107. The van der Waals surface area contributed by atoms with E-state index in [-0.39, 0.29) is 42.1 Å². The number of halogens is 1. The molecule has 3 rings (SSSR count). The molecule has 1 aromatic heterocycles. The summed E-state index contributed by atoms with van der Waals surface area (Å²) in [5.41, 5.74) is 19.8. The zero-order valence-electron chi connectivity index (χ0n) is 34.5. The molecular weight excluding hydrogens is 834 g/mol. The van der Waals surface area contributed by atoms with Gasteiger partial charge in [-0.15, -0.1) is 0 Å². The SMILES string of the molecule is Cc1nc(N)c(C(=O)NC(N)=NCCCCc2ccc(CC[C@@H](NCCCN(CC(O)C(O)C(O)C(O)CO)CC(O)C(O)C(O)C(O)CO)C(N)=O)c3ccccc23)nc1Cl. The zero-order chi connectivity index (χ0) is 46.1. The van der Waals surface area contributed by atoms with Crippen LogP contribution in [0.2, 0.25) is 5.15 Å². The van der Waals surface area contributed by atoms with E-state index in [4.69, 9.17) is 39.0 Å². The number of unbranched alkanes of at least 4 members (excludes halogenated alkanes) is 1. The number of benzene rings is 2. The molecule has 0 aliphatic rings. The normalized spacial score (nSPS) is 16.6. The van der Waals surface area contributed by atoms with E-state index in [1.54, 1.807) is 6.92 Å². The Balaban J connectivity index is 1.57. The van der Waals surface area contributed by atoms with Gasteiger partial charge in [-0.3, -0.25) is 24.8 Å². The Morgan fingerprint density at radius 3 is 1.84 bits per heavy atom. The van der Waals surface area contributed by atoms with Gasteiger partial charge in [0.05, 0.1) is 37.2 Å². The van der Waals surface area contributed by atoms with Gasteiger partial charge in [-0.2, -0.15) is 0 Å². The molecule has 22 heteroatoms. The predicted molar refractivity (Wildman–Crippen MR) is 230 cm³/mol. The van der Waals surface area contributed by atoms with Crippen LogP contribution in [0, 0.1) is 6.92 Å². The van der Waals surface area contributed by atoms with Crippen molar-refractivity contribution < 1.29 is 60.7 Å². The van der Waals surface area contributed by atoms with Crippen molar-refractivity contribution in [2.45, 2.75) is 100 Å². The molecule has 2 amide bonds. The van der Waals surface area contributed by atoms with Crippen LogP contribution in [0.3, 0.4) is 0 Å². The number of hydrogen-bond acceptors (Lipinski definition) is 18. The molecule has 1 heterocycles. The van der Waals surface area contributed by atoms with E-state index in [2.05, 4.69) is 25.6 Å². The molecule has 0 bridgehead atoms. The highest BCUT2D eigenvalue weighted by Crippen LogP contribution is 2.26. The minimum Gasteiger partial charge on any atom is -0.394 e. The summed E-state index contributed by atoms with van der Waals surface area (Å²) in [6, 6.07) is 11.2. The number of nitrogens with one attached hydrogen (secondary N) is 2. The highest BCUT2D eigenvalue weighted by Gasteiger charge is 2.34. The Morgan fingerprint density at radius 2 is 1.31 bits per heavy atom. The molecule has 21 nitrogen and oxygen atoms in total. The first kappa shape index (κ1) is 52.1. The second kappa shape index (κ2) is 25.8. The van der Waals surface area contributed by atoms with Gasteiger partial charge in [0.25, 0.3) is 5.91 Å². The van der Waals surface area contributed by atoms with E-state index < -0.39 is 93.0 Å². The number of aliphatic imine (C=N–C) groups is 1. The van der Waals surface area contributed by atoms with Crippen LogP contribution >= 0.6 is 11.6 Å². The van der Waals surface area contributed by atoms with Crippen molar-refractivity contribution in [3.63, 3.8) is 0 Å². The number of nitrogens with zero attached hydrogens (tertiary/aromatic N) is 4. The van der Waals surface area contributed by atoms with E-state index in [0.29, 0.717) is 31.5 Å². The van der Waals surface area contributed by atoms with Crippen molar-refractivity contribution >= 4 is 46.0 Å². The monoisotopic (exact) mass is 895 g/mol. The fraction of sp³-hybridized carbons (Fsp3) is 0.575. The lowest BCUT2D eigenvalue weighted by Gasteiger charge is -2.33. The number of aliphatic hydroxyl groups is 10. The summed E-state index contributed by atoms with van der Waals surface area (Å²) >= 11 is 5.97. The molecule has 9 atom stereocenters. The molecule has 0 fully saturated rings. The Bertz CT molecular complexity index is 1890.